The maximum atomic E-state index is 7.06. The van der Waals surface area contributed by atoms with Gasteiger partial charge in [0.1, 0.15) is 0 Å². The molecule has 0 aromatic heterocycles. The highest BCUT2D eigenvalue weighted by Gasteiger charge is 2.49. The largest absolute Gasteiger partial charge is 0.407 e. The topological polar surface area (TPSA) is 36.9 Å². The van der Waals surface area contributed by atoms with Crippen LogP contribution in [0.25, 0.3) is 0 Å². The van der Waals surface area contributed by atoms with Gasteiger partial charge in [-0.1, -0.05) is 93.6 Å². The molecule has 2 aliphatic heterocycles. The first-order valence-electron chi connectivity index (χ1n) is 14.8. The van der Waals surface area contributed by atoms with Crippen molar-refractivity contribution in [2.45, 2.75) is 96.7 Å². The van der Waals surface area contributed by atoms with Crippen molar-refractivity contribution in [1.29, 1.82) is 0 Å². The normalized spacial score (nSPS) is 22.6. The predicted octanol–water partition coefficient (Wildman–Crippen LogP) is 6.94. The number of hydrogen-bond donors (Lipinski definition) is 0. The average Bonchev–Trinajstić information content (AvgIpc) is 3.28. The summed E-state index contributed by atoms with van der Waals surface area (Å²) in [7, 11) is -2.47. The highest BCUT2D eigenvalue weighted by atomic mass is 28.4. The second-order valence-electron chi connectivity index (χ2n) is 12.1. The summed E-state index contributed by atoms with van der Waals surface area (Å²) in [5.41, 5.74) is 2.52. The molecule has 5 heteroatoms. The Morgan fingerprint density at radius 3 is 2.23 bits per heavy atom. The molecule has 212 valence electrons. The molecule has 0 amide bonds. The van der Waals surface area contributed by atoms with Crippen molar-refractivity contribution in [3.8, 4) is 0 Å². The third-order valence-electron chi connectivity index (χ3n) is 7.94. The van der Waals surface area contributed by atoms with Gasteiger partial charge in [-0.3, -0.25) is 0 Å². The van der Waals surface area contributed by atoms with Gasteiger partial charge in [-0.25, -0.2) is 0 Å². The minimum Gasteiger partial charge on any atom is -0.407 e. The molecule has 2 aromatic rings. The molecule has 2 aromatic carbocycles. The van der Waals surface area contributed by atoms with Crippen molar-refractivity contribution in [3.05, 3.63) is 84.0 Å². The number of benzene rings is 2. The lowest BCUT2D eigenvalue weighted by atomic mass is 10.1. The van der Waals surface area contributed by atoms with E-state index in [1.165, 1.54) is 27.9 Å². The standard InChI is InChI=1S/C34H48O4Si/c1-27(26-36-33-21-13-14-22-35-33)24-29-25-28(2)32(38-29)20-12-15-23-37-39(34(3,4)5,30-16-8-6-9-17-30)31-18-10-7-11-19-31/h6-11,16-19,24-25,29,32-33H,12-15,20-23,26H2,1-5H3/b27-24+/t29-,32-,33?/m1/s1. The Morgan fingerprint density at radius 1 is 0.974 bits per heavy atom. The van der Waals surface area contributed by atoms with Crippen molar-refractivity contribution in [2.24, 2.45) is 0 Å². The second kappa shape index (κ2) is 14.0. The highest BCUT2D eigenvalue weighted by molar-refractivity contribution is 6.99. The van der Waals surface area contributed by atoms with Crippen LogP contribution in [0.4, 0.5) is 0 Å². The third-order valence-corrected chi connectivity index (χ3v) is 13.0. The van der Waals surface area contributed by atoms with Crippen LogP contribution in [0.2, 0.25) is 5.04 Å². The van der Waals surface area contributed by atoms with Crippen molar-refractivity contribution in [3.63, 3.8) is 0 Å². The fourth-order valence-electron chi connectivity index (χ4n) is 5.90. The molecule has 0 N–H and O–H groups in total. The molecule has 39 heavy (non-hydrogen) atoms. The summed E-state index contributed by atoms with van der Waals surface area (Å²) >= 11 is 0. The molecule has 2 heterocycles. The maximum Gasteiger partial charge on any atom is 0.261 e. The van der Waals surface area contributed by atoms with E-state index in [2.05, 4.69) is 107 Å². The second-order valence-corrected chi connectivity index (χ2v) is 16.4. The van der Waals surface area contributed by atoms with E-state index in [0.29, 0.717) is 6.61 Å². The Bertz CT molecular complexity index is 1030. The quantitative estimate of drug-likeness (QED) is 0.164. The molecule has 0 radical (unpaired) electrons. The average molecular weight is 549 g/mol. The smallest absolute Gasteiger partial charge is 0.261 e. The molecule has 0 aliphatic carbocycles. The molecule has 4 rings (SSSR count). The lowest BCUT2D eigenvalue weighted by molar-refractivity contribution is -0.156. The first kappa shape index (κ1) is 29.9. The fourth-order valence-corrected chi connectivity index (χ4v) is 10.5. The molecular formula is C34H48O4Si. The van der Waals surface area contributed by atoms with Crippen LogP contribution in [-0.2, 0) is 18.6 Å². The van der Waals surface area contributed by atoms with Crippen LogP contribution in [0, 0.1) is 0 Å². The van der Waals surface area contributed by atoms with Gasteiger partial charge in [0, 0.05) is 13.2 Å². The van der Waals surface area contributed by atoms with Crippen LogP contribution in [0.15, 0.2) is 84.0 Å². The maximum absolute atomic E-state index is 7.06. The lowest BCUT2D eigenvalue weighted by Crippen LogP contribution is -2.66. The molecule has 1 unspecified atom stereocenters. The lowest BCUT2D eigenvalue weighted by Gasteiger charge is -2.43. The zero-order valence-electron chi connectivity index (χ0n) is 24.7. The molecule has 0 spiro atoms. The van der Waals surface area contributed by atoms with Crippen LogP contribution in [0.1, 0.15) is 73.1 Å². The number of unbranched alkanes of at least 4 members (excludes halogenated alkanes) is 1. The van der Waals surface area contributed by atoms with E-state index >= 15 is 0 Å². The summed E-state index contributed by atoms with van der Waals surface area (Å²) in [6.07, 6.45) is 11.0. The van der Waals surface area contributed by atoms with Crippen LogP contribution < -0.4 is 10.4 Å². The first-order valence-corrected chi connectivity index (χ1v) is 16.7. The van der Waals surface area contributed by atoms with Gasteiger partial charge in [0.15, 0.2) is 6.29 Å². The van der Waals surface area contributed by atoms with Crippen LogP contribution in [0.5, 0.6) is 0 Å². The van der Waals surface area contributed by atoms with Crippen molar-refractivity contribution < 1.29 is 18.6 Å². The van der Waals surface area contributed by atoms with Gasteiger partial charge in [0.05, 0.1) is 18.8 Å². The summed E-state index contributed by atoms with van der Waals surface area (Å²) in [4.78, 5) is 0. The predicted molar refractivity (Wildman–Crippen MR) is 163 cm³/mol. The molecule has 3 atom stereocenters. The van der Waals surface area contributed by atoms with E-state index < -0.39 is 8.32 Å². The molecule has 1 saturated heterocycles. The molecule has 2 aliphatic rings. The minimum atomic E-state index is -2.47. The van der Waals surface area contributed by atoms with E-state index in [1.54, 1.807) is 0 Å². The van der Waals surface area contributed by atoms with E-state index in [1.807, 2.05) is 0 Å². The Labute approximate surface area is 237 Å². The summed E-state index contributed by atoms with van der Waals surface area (Å²) in [6, 6.07) is 21.8. The van der Waals surface area contributed by atoms with Gasteiger partial charge in [0.25, 0.3) is 8.32 Å². The minimum absolute atomic E-state index is 0.00777. The van der Waals surface area contributed by atoms with Crippen molar-refractivity contribution >= 4 is 18.7 Å². The monoisotopic (exact) mass is 548 g/mol. The van der Waals surface area contributed by atoms with Gasteiger partial charge < -0.3 is 18.6 Å². The van der Waals surface area contributed by atoms with E-state index in [-0.39, 0.29) is 23.5 Å². The zero-order chi connectivity index (χ0) is 27.7. The SMILES string of the molecule is CC1=C[C@@H](/C=C(\C)COC2CCCCO2)O[C@@H]1CCCCO[Si](c1ccccc1)(c1ccccc1)C(C)(C)C. The van der Waals surface area contributed by atoms with Gasteiger partial charge in [0.2, 0.25) is 0 Å². The number of ether oxygens (including phenoxy) is 3. The van der Waals surface area contributed by atoms with Crippen LogP contribution in [0.3, 0.4) is 0 Å². The summed E-state index contributed by atoms with van der Waals surface area (Å²) < 4.78 is 25.1. The Balaban J connectivity index is 1.30. The van der Waals surface area contributed by atoms with Gasteiger partial charge in [-0.15, -0.1) is 0 Å². The number of hydrogen-bond acceptors (Lipinski definition) is 4. The highest BCUT2D eigenvalue weighted by Crippen LogP contribution is 2.37. The van der Waals surface area contributed by atoms with Crippen molar-refractivity contribution in [1.82, 2.24) is 0 Å². The fraction of sp³-hybridized carbons (Fsp3) is 0.529. The van der Waals surface area contributed by atoms with Gasteiger partial charge in [-0.2, -0.15) is 0 Å². The van der Waals surface area contributed by atoms with Gasteiger partial charge >= 0.3 is 0 Å². The Kier molecular flexibility index (Phi) is 10.8. The Morgan fingerprint density at radius 2 is 1.64 bits per heavy atom. The molecular weight excluding hydrogens is 500 g/mol. The first-order chi connectivity index (χ1) is 18.8. The zero-order valence-corrected chi connectivity index (χ0v) is 25.7. The van der Waals surface area contributed by atoms with E-state index in [4.69, 9.17) is 18.6 Å². The Hall–Kier alpha value is -2.02. The number of rotatable bonds is 12. The van der Waals surface area contributed by atoms with Crippen molar-refractivity contribution in [2.75, 3.05) is 19.8 Å². The molecule has 4 nitrogen and oxygen atoms in total. The van der Waals surface area contributed by atoms with E-state index in [0.717, 1.165) is 45.3 Å². The molecule has 1 fully saturated rings. The van der Waals surface area contributed by atoms with Crippen LogP contribution in [-0.4, -0.2) is 46.6 Å². The van der Waals surface area contributed by atoms with Gasteiger partial charge in [-0.05, 0) is 78.9 Å². The molecule has 0 saturated carbocycles. The third kappa shape index (κ3) is 7.80. The van der Waals surface area contributed by atoms with E-state index in [9.17, 15) is 0 Å². The summed E-state index contributed by atoms with van der Waals surface area (Å²) in [5.74, 6) is 0. The van der Waals surface area contributed by atoms with Crippen LogP contribution >= 0.6 is 0 Å². The summed E-state index contributed by atoms with van der Waals surface area (Å²) in [5, 5.41) is 2.68. The summed E-state index contributed by atoms with van der Waals surface area (Å²) in [6.45, 7) is 13.5. The molecule has 0 bridgehead atoms.